The molecule has 0 saturated carbocycles. The SMILES string of the molecule is Cc1ccc2c(CC(=O)O[C@@H](C)C(=O)Nc3sccc3C#N)coc2c1. The van der Waals surface area contributed by atoms with E-state index in [1.807, 2.05) is 31.2 Å². The van der Waals surface area contributed by atoms with Crippen molar-refractivity contribution in [1.82, 2.24) is 0 Å². The first-order valence-corrected chi connectivity index (χ1v) is 8.80. The Labute approximate surface area is 154 Å². The van der Waals surface area contributed by atoms with Crippen LogP contribution in [0.2, 0.25) is 0 Å². The number of anilines is 1. The van der Waals surface area contributed by atoms with Crippen LogP contribution >= 0.6 is 11.3 Å². The number of furan rings is 1. The Morgan fingerprint density at radius 1 is 1.38 bits per heavy atom. The summed E-state index contributed by atoms with van der Waals surface area (Å²) in [5.41, 5.74) is 2.86. The van der Waals surface area contributed by atoms with E-state index in [1.54, 1.807) is 11.4 Å². The van der Waals surface area contributed by atoms with Crippen LogP contribution in [0.15, 0.2) is 40.3 Å². The maximum Gasteiger partial charge on any atom is 0.311 e. The van der Waals surface area contributed by atoms with Gasteiger partial charge in [-0.1, -0.05) is 12.1 Å². The summed E-state index contributed by atoms with van der Waals surface area (Å²) < 4.78 is 10.7. The second-order valence-electron chi connectivity index (χ2n) is 5.83. The van der Waals surface area contributed by atoms with Gasteiger partial charge in [0, 0.05) is 10.9 Å². The minimum atomic E-state index is -0.975. The van der Waals surface area contributed by atoms with Crippen molar-refractivity contribution in [3.05, 3.63) is 52.6 Å². The van der Waals surface area contributed by atoms with Crippen LogP contribution in [-0.2, 0) is 20.7 Å². The fraction of sp³-hybridized carbons (Fsp3) is 0.211. The lowest BCUT2D eigenvalue weighted by atomic mass is 10.1. The van der Waals surface area contributed by atoms with Crippen LogP contribution in [0.4, 0.5) is 5.00 Å². The Hall–Kier alpha value is -3.11. The number of amides is 1. The number of benzene rings is 1. The van der Waals surface area contributed by atoms with Gasteiger partial charge in [0.15, 0.2) is 6.10 Å². The molecule has 0 fully saturated rings. The molecule has 0 radical (unpaired) electrons. The Morgan fingerprint density at radius 2 is 2.19 bits per heavy atom. The number of carbonyl (C=O) groups excluding carboxylic acids is 2. The molecule has 6 nitrogen and oxygen atoms in total. The topological polar surface area (TPSA) is 92.3 Å². The first kappa shape index (κ1) is 17.7. The van der Waals surface area contributed by atoms with Crippen LogP contribution in [0.1, 0.15) is 23.6 Å². The molecule has 1 N–H and O–H groups in total. The average molecular weight is 368 g/mol. The molecule has 2 heterocycles. The zero-order chi connectivity index (χ0) is 18.7. The second-order valence-corrected chi connectivity index (χ2v) is 6.75. The van der Waals surface area contributed by atoms with Crippen LogP contribution < -0.4 is 5.32 Å². The van der Waals surface area contributed by atoms with Crippen molar-refractivity contribution in [2.75, 3.05) is 5.32 Å². The number of carbonyl (C=O) groups is 2. The van der Waals surface area contributed by atoms with Gasteiger partial charge in [-0.15, -0.1) is 11.3 Å². The molecule has 3 aromatic rings. The molecule has 0 aliphatic heterocycles. The molecule has 132 valence electrons. The van der Waals surface area contributed by atoms with Crippen molar-refractivity contribution in [1.29, 1.82) is 5.26 Å². The number of hydrogen-bond acceptors (Lipinski definition) is 6. The smallest absolute Gasteiger partial charge is 0.311 e. The van der Waals surface area contributed by atoms with Gasteiger partial charge in [-0.2, -0.15) is 5.26 Å². The van der Waals surface area contributed by atoms with Gasteiger partial charge in [-0.3, -0.25) is 9.59 Å². The van der Waals surface area contributed by atoms with Crippen molar-refractivity contribution < 1.29 is 18.7 Å². The lowest BCUT2D eigenvalue weighted by Crippen LogP contribution is -2.30. The zero-order valence-electron chi connectivity index (χ0n) is 14.2. The van der Waals surface area contributed by atoms with Gasteiger partial charge in [-0.05, 0) is 36.9 Å². The van der Waals surface area contributed by atoms with E-state index >= 15 is 0 Å². The fourth-order valence-corrected chi connectivity index (χ4v) is 3.22. The van der Waals surface area contributed by atoms with E-state index in [-0.39, 0.29) is 6.42 Å². The maximum absolute atomic E-state index is 12.2. The van der Waals surface area contributed by atoms with Crippen molar-refractivity contribution >= 4 is 39.2 Å². The van der Waals surface area contributed by atoms with Crippen molar-refractivity contribution in [2.45, 2.75) is 26.4 Å². The number of esters is 1. The number of hydrogen-bond donors (Lipinski definition) is 1. The molecule has 0 bridgehead atoms. The highest BCUT2D eigenvalue weighted by atomic mass is 32.1. The third-order valence-corrected chi connectivity index (χ3v) is 4.68. The Kier molecular flexibility index (Phi) is 5.05. The summed E-state index contributed by atoms with van der Waals surface area (Å²) in [7, 11) is 0. The van der Waals surface area contributed by atoms with E-state index in [1.165, 1.54) is 24.5 Å². The quantitative estimate of drug-likeness (QED) is 0.692. The number of aryl methyl sites for hydroxylation is 1. The van der Waals surface area contributed by atoms with Gasteiger partial charge in [0.2, 0.25) is 0 Å². The third-order valence-electron chi connectivity index (χ3n) is 3.85. The molecule has 26 heavy (non-hydrogen) atoms. The summed E-state index contributed by atoms with van der Waals surface area (Å²) in [6.45, 7) is 3.45. The molecule has 0 unspecified atom stereocenters. The Morgan fingerprint density at radius 3 is 2.96 bits per heavy atom. The molecule has 0 spiro atoms. The predicted octanol–water partition coefficient (Wildman–Crippen LogP) is 3.79. The molecule has 0 saturated heterocycles. The van der Waals surface area contributed by atoms with E-state index in [0.717, 1.165) is 10.9 Å². The first-order chi connectivity index (χ1) is 12.5. The predicted molar refractivity (Wildman–Crippen MR) is 97.9 cm³/mol. The van der Waals surface area contributed by atoms with Gasteiger partial charge in [-0.25, -0.2) is 0 Å². The van der Waals surface area contributed by atoms with Crippen LogP contribution in [-0.4, -0.2) is 18.0 Å². The molecular formula is C19H16N2O4S. The fourth-order valence-electron chi connectivity index (χ4n) is 2.48. The molecule has 3 rings (SSSR count). The molecule has 2 aromatic heterocycles. The van der Waals surface area contributed by atoms with Crippen LogP contribution in [0.5, 0.6) is 0 Å². The van der Waals surface area contributed by atoms with Gasteiger partial charge in [0.25, 0.3) is 5.91 Å². The van der Waals surface area contributed by atoms with Crippen molar-refractivity contribution in [3.8, 4) is 6.07 Å². The number of nitrogens with one attached hydrogen (secondary N) is 1. The number of ether oxygens (including phenoxy) is 1. The van der Waals surface area contributed by atoms with Crippen LogP contribution in [0.3, 0.4) is 0 Å². The number of rotatable bonds is 5. The normalized spacial score (nSPS) is 11.7. The Balaban J connectivity index is 1.62. The number of nitrogens with zero attached hydrogens (tertiary/aromatic N) is 1. The average Bonchev–Trinajstić information content (AvgIpc) is 3.21. The van der Waals surface area contributed by atoms with Gasteiger partial charge >= 0.3 is 5.97 Å². The number of thiophene rings is 1. The summed E-state index contributed by atoms with van der Waals surface area (Å²) in [6.07, 6.45) is 0.563. The number of fused-ring (bicyclic) bond motifs is 1. The monoisotopic (exact) mass is 368 g/mol. The van der Waals surface area contributed by atoms with Gasteiger partial charge < -0.3 is 14.5 Å². The summed E-state index contributed by atoms with van der Waals surface area (Å²) in [5, 5.41) is 14.6. The van der Waals surface area contributed by atoms with E-state index < -0.39 is 18.0 Å². The van der Waals surface area contributed by atoms with Crippen molar-refractivity contribution in [3.63, 3.8) is 0 Å². The summed E-state index contributed by atoms with van der Waals surface area (Å²) in [5.74, 6) is -1.01. The molecule has 0 aliphatic carbocycles. The largest absolute Gasteiger partial charge is 0.464 e. The van der Waals surface area contributed by atoms with Crippen molar-refractivity contribution in [2.24, 2.45) is 0 Å². The second kappa shape index (κ2) is 7.42. The minimum Gasteiger partial charge on any atom is -0.464 e. The zero-order valence-corrected chi connectivity index (χ0v) is 15.1. The van der Waals surface area contributed by atoms with Gasteiger partial charge in [0.1, 0.15) is 16.7 Å². The third kappa shape index (κ3) is 3.76. The lowest BCUT2D eigenvalue weighted by Gasteiger charge is -2.12. The van der Waals surface area contributed by atoms with E-state index in [4.69, 9.17) is 14.4 Å². The lowest BCUT2D eigenvalue weighted by molar-refractivity contribution is -0.152. The standard InChI is InChI=1S/C19H16N2O4S/c1-11-3-4-15-14(10-24-16(15)7-11)8-17(22)25-12(2)18(23)21-19-13(9-20)5-6-26-19/h3-7,10,12H,8H2,1-2H3,(H,21,23)/t12-/m0/s1. The van der Waals surface area contributed by atoms with E-state index in [2.05, 4.69) is 5.32 Å². The summed E-state index contributed by atoms with van der Waals surface area (Å²) in [6, 6.07) is 9.34. The molecule has 0 aliphatic rings. The van der Waals surface area contributed by atoms with Crippen LogP contribution in [0.25, 0.3) is 11.0 Å². The molecule has 1 aromatic carbocycles. The summed E-state index contributed by atoms with van der Waals surface area (Å²) in [4.78, 5) is 24.3. The van der Waals surface area contributed by atoms with Gasteiger partial charge in [0.05, 0.1) is 18.2 Å². The van der Waals surface area contributed by atoms with E-state index in [9.17, 15) is 9.59 Å². The van der Waals surface area contributed by atoms with E-state index in [0.29, 0.717) is 21.7 Å². The molecular weight excluding hydrogens is 352 g/mol. The van der Waals surface area contributed by atoms with Crippen LogP contribution in [0, 0.1) is 18.3 Å². The first-order valence-electron chi connectivity index (χ1n) is 7.92. The highest BCUT2D eigenvalue weighted by Crippen LogP contribution is 2.24. The molecule has 1 atom stereocenters. The minimum absolute atomic E-state index is 0.0100. The summed E-state index contributed by atoms with van der Waals surface area (Å²) >= 11 is 1.24. The highest BCUT2D eigenvalue weighted by molar-refractivity contribution is 7.14. The Bertz CT molecular complexity index is 1010. The molecule has 1 amide bonds. The highest BCUT2D eigenvalue weighted by Gasteiger charge is 2.20. The molecule has 7 heteroatoms. The maximum atomic E-state index is 12.2. The number of nitriles is 1.